The van der Waals surface area contributed by atoms with Crippen LogP contribution in [0.15, 0.2) is 36.1 Å². The highest BCUT2D eigenvalue weighted by atomic mass is 28.4. The van der Waals surface area contributed by atoms with Crippen molar-refractivity contribution in [2.24, 2.45) is 0 Å². The highest BCUT2D eigenvalue weighted by Crippen LogP contribution is 2.13. The molecule has 4 heteroatoms. The average molecular weight is 252 g/mol. The third-order valence-corrected chi connectivity index (χ3v) is 2.88. The Labute approximate surface area is 102 Å². The Balaban J connectivity index is 2.86. The second-order valence-electron chi connectivity index (χ2n) is 4.81. The van der Waals surface area contributed by atoms with E-state index in [1.165, 1.54) is 18.2 Å². The molecule has 1 aromatic rings. The van der Waals surface area contributed by atoms with Gasteiger partial charge in [0.1, 0.15) is 5.82 Å². The van der Waals surface area contributed by atoms with Gasteiger partial charge >= 0.3 is 0 Å². The van der Waals surface area contributed by atoms with Crippen LogP contribution in [0, 0.1) is 5.82 Å². The third kappa shape index (κ3) is 4.52. The predicted octanol–water partition coefficient (Wildman–Crippen LogP) is 3.76. The summed E-state index contributed by atoms with van der Waals surface area (Å²) < 4.78 is 19.0. The molecule has 0 aliphatic rings. The molecule has 0 radical (unpaired) electrons. The van der Waals surface area contributed by atoms with E-state index < -0.39 is 14.1 Å². The summed E-state index contributed by atoms with van der Waals surface area (Å²) >= 11 is 0. The maximum absolute atomic E-state index is 13.3. The van der Waals surface area contributed by atoms with Crippen LogP contribution in [0.3, 0.4) is 0 Å². The van der Waals surface area contributed by atoms with E-state index in [4.69, 9.17) is 4.43 Å². The van der Waals surface area contributed by atoms with Crippen LogP contribution in [0.2, 0.25) is 19.6 Å². The smallest absolute Gasteiger partial charge is 0.241 e. The van der Waals surface area contributed by atoms with Crippen molar-refractivity contribution in [1.82, 2.24) is 0 Å². The molecule has 0 aliphatic heterocycles. The third-order valence-electron chi connectivity index (χ3n) is 1.94. The molecule has 0 fully saturated rings. The maximum Gasteiger partial charge on any atom is 0.241 e. The van der Waals surface area contributed by atoms with Crippen molar-refractivity contribution in [2.45, 2.75) is 26.6 Å². The topological polar surface area (TPSA) is 26.3 Å². The van der Waals surface area contributed by atoms with Crippen molar-refractivity contribution >= 4 is 14.1 Å². The minimum absolute atomic E-state index is 0.0750. The number of hydrogen-bond acceptors (Lipinski definition) is 2. The van der Waals surface area contributed by atoms with Crippen LogP contribution in [0.4, 0.5) is 4.39 Å². The molecule has 0 saturated carbocycles. The van der Waals surface area contributed by atoms with Crippen molar-refractivity contribution in [1.29, 1.82) is 0 Å². The lowest BCUT2D eigenvalue weighted by Crippen LogP contribution is -2.24. The van der Waals surface area contributed by atoms with Crippen LogP contribution in [0.25, 0.3) is 0 Å². The van der Waals surface area contributed by atoms with Gasteiger partial charge in [0.15, 0.2) is 5.78 Å². The summed E-state index contributed by atoms with van der Waals surface area (Å²) in [5, 5.41) is 0. The minimum atomic E-state index is -1.72. The lowest BCUT2D eigenvalue weighted by atomic mass is 10.1. The first-order valence-electron chi connectivity index (χ1n) is 5.46. The van der Waals surface area contributed by atoms with E-state index >= 15 is 0 Å². The van der Waals surface area contributed by atoms with Gasteiger partial charge in [0.2, 0.25) is 8.32 Å². The standard InChI is InChI=1S/C13H17FO2Si/c1-10(16-17(2,3)4)9-13(15)11-7-5-6-8-12(11)14/h5-9H,1-4H3. The van der Waals surface area contributed by atoms with Gasteiger partial charge in [0.05, 0.1) is 11.3 Å². The Morgan fingerprint density at radius 1 is 1.29 bits per heavy atom. The number of carbonyl (C=O) groups excluding carboxylic acids is 1. The molecule has 0 amide bonds. The fourth-order valence-corrected chi connectivity index (χ4v) is 2.46. The highest BCUT2D eigenvalue weighted by molar-refractivity contribution is 6.70. The summed E-state index contributed by atoms with van der Waals surface area (Å²) in [6, 6.07) is 5.94. The fourth-order valence-electron chi connectivity index (χ4n) is 1.44. The van der Waals surface area contributed by atoms with Gasteiger partial charge in [-0.25, -0.2) is 4.39 Å². The molecular weight excluding hydrogens is 235 g/mol. The molecule has 0 aromatic heterocycles. The molecule has 0 saturated heterocycles. The number of carbonyl (C=O) groups is 1. The van der Waals surface area contributed by atoms with E-state index in [9.17, 15) is 9.18 Å². The summed E-state index contributed by atoms with van der Waals surface area (Å²) in [6.07, 6.45) is 1.34. The molecular formula is C13H17FO2Si. The van der Waals surface area contributed by atoms with Crippen molar-refractivity contribution in [2.75, 3.05) is 0 Å². The zero-order chi connectivity index (χ0) is 13.1. The molecule has 1 rings (SSSR count). The van der Waals surface area contributed by atoms with Crippen LogP contribution < -0.4 is 0 Å². The van der Waals surface area contributed by atoms with E-state index in [2.05, 4.69) is 0 Å². The van der Waals surface area contributed by atoms with E-state index in [0.29, 0.717) is 5.76 Å². The Hall–Kier alpha value is -1.42. The van der Waals surface area contributed by atoms with Gasteiger partial charge in [0.25, 0.3) is 0 Å². The van der Waals surface area contributed by atoms with Crippen LogP contribution in [-0.4, -0.2) is 14.1 Å². The number of rotatable bonds is 4. The maximum atomic E-state index is 13.3. The molecule has 0 N–H and O–H groups in total. The lowest BCUT2D eigenvalue weighted by molar-refractivity contribution is 0.104. The van der Waals surface area contributed by atoms with E-state index in [1.54, 1.807) is 19.1 Å². The molecule has 2 nitrogen and oxygen atoms in total. The fraction of sp³-hybridized carbons (Fsp3) is 0.308. The first-order valence-corrected chi connectivity index (χ1v) is 8.86. The molecule has 0 heterocycles. The van der Waals surface area contributed by atoms with Crippen molar-refractivity contribution in [3.05, 3.63) is 47.5 Å². The second kappa shape index (κ2) is 5.27. The van der Waals surface area contributed by atoms with Gasteiger partial charge in [-0.2, -0.15) is 0 Å². The Morgan fingerprint density at radius 3 is 2.41 bits per heavy atom. The minimum Gasteiger partial charge on any atom is -0.547 e. The van der Waals surface area contributed by atoms with Crippen molar-refractivity contribution in [3.8, 4) is 0 Å². The average Bonchev–Trinajstić information content (AvgIpc) is 2.14. The molecule has 1 aromatic carbocycles. The normalized spacial score (nSPS) is 12.4. The monoisotopic (exact) mass is 252 g/mol. The quantitative estimate of drug-likeness (QED) is 0.353. The van der Waals surface area contributed by atoms with E-state index in [0.717, 1.165) is 0 Å². The highest BCUT2D eigenvalue weighted by Gasteiger charge is 2.17. The van der Waals surface area contributed by atoms with E-state index in [-0.39, 0.29) is 11.3 Å². The van der Waals surface area contributed by atoms with Gasteiger partial charge in [-0.1, -0.05) is 12.1 Å². The summed E-state index contributed by atoms with van der Waals surface area (Å²) in [5.41, 5.74) is 0.0750. The van der Waals surface area contributed by atoms with Crippen LogP contribution >= 0.6 is 0 Å². The molecule has 0 atom stereocenters. The largest absolute Gasteiger partial charge is 0.547 e. The van der Waals surface area contributed by atoms with Crippen LogP contribution in [0.5, 0.6) is 0 Å². The molecule has 92 valence electrons. The summed E-state index contributed by atoms with van der Waals surface area (Å²) in [7, 11) is -1.72. The zero-order valence-electron chi connectivity index (χ0n) is 10.6. The molecule has 0 aliphatic carbocycles. The first-order chi connectivity index (χ1) is 7.79. The molecule has 0 spiro atoms. The van der Waals surface area contributed by atoms with Gasteiger partial charge in [0, 0.05) is 6.08 Å². The Bertz CT molecular complexity index is 447. The number of benzene rings is 1. The van der Waals surface area contributed by atoms with Crippen LogP contribution in [0.1, 0.15) is 17.3 Å². The van der Waals surface area contributed by atoms with E-state index in [1.807, 2.05) is 19.6 Å². The molecule has 0 bridgehead atoms. The number of halogens is 1. The Morgan fingerprint density at radius 2 is 1.88 bits per heavy atom. The SMILES string of the molecule is CC(=CC(=O)c1ccccc1F)O[Si](C)(C)C. The first kappa shape index (κ1) is 13.6. The van der Waals surface area contributed by atoms with Gasteiger partial charge < -0.3 is 4.43 Å². The van der Waals surface area contributed by atoms with Gasteiger partial charge in [-0.15, -0.1) is 0 Å². The van der Waals surface area contributed by atoms with Crippen LogP contribution in [-0.2, 0) is 4.43 Å². The second-order valence-corrected chi connectivity index (χ2v) is 9.24. The van der Waals surface area contributed by atoms with Gasteiger partial charge in [-0.3, -0.25) is 4.79 Å². The molecule has 17 heavy (non-hydrogen) atoms. The number of allylic oxidation sites excluding steroid dienone is 2. The molecule has 0 unspecified atom stereocenters. The Kier molecular flexibility index (Phi) is 4.23. The summed E-state index contributed by atoms with van der Waals surface area (Å²) in [4.78, 5) is 11.8. The predicted molar refractivity (Wildman–Crippen MR) is 68.9 cm³/mol. The lowest BCUT2D eigenvalue weighted by Gasteiger charge is -2.19. The number of ketones is 1. The van der Waals surface area contributed by atoms with Crippen molar-refractivity contribution in [3.63, 3.8) is 0 Å². The number of hydrogen-bond donors (Lipinski definition) is 0. The van der Waals surface area contributed by atoms with Gasteiger partial charge in [-0.05, 0) is 38.7 Å². The summed E-state index contributed by atoms with van der Waals surface area (Å²) in [5.74, 6) is -0.328. The summed E-state index contributed by atoms with van der Waals surface area (Å²) in [6.45, 7) is 7.80. The zero-order valence-corrected chi connectivity index (χ0v) is 11.6. The van der Waals surface area contributed by atoms with Crippen molar-refractivity contribution < 1.29 is 13.6 Å².